The molecule has 7 rings (SSSR count). The van der Waals surface area contributed by atoms with Crippen molar-refractivity contribution in [2.75, 3.05) is 46.2 Å². The Morgan fingerprint density at radius 3 is 0.509 bits per heavy atom. The molecule has 18 radical (unpaired) electrons. The second kappa shape index (κ2) is 46.5. The van der Waals surface area contributed by atoms with E-state index in [9.17, 15) is 81.7 Å². The first-order valence-electron chi connectivity index (χ1n) is 31.1. The van der Waals surface area contributed by atoms with Gasteiger partial charge in [-0.05, 0) is 0 Å². The molecule has 0 spiro atoms. The van der Waals surface area contributed by atoms with Crippen LogP contribution in [0.5, 0.6) is 0 Å². The van der Waals surface area contributed by atoms with Crippen LogP contribution in [0.1, 0.15) is 48.5 Å². The fourth-order valence-electron chi connectivity index (χ4n) is 9.25. The van der Waals surface area contributed by atoms with Gasteiger partial charge in [0.1, 0.15) is 83.7 Å². The molecular formula is C42H85B9O48P10Se. The van der Waals surface area contributed by atoms with Gasteiger partial charge in [-0.3, -0.25) is 27.2 Å². The molecule has 0 aliphatic carbocycles. The first-order chi connectivity index (χ1) is 49.3. The van der Waals surface area contributed by atoms with Crippen LogP contribution < -0.4 is 0 Å². The molecular weight excluding hydrogens is 1760 g/mol. The van der Waals surface area contributed by atoms with Gasteiger partial charge in [0, 0.05) is 71.5 Å². The molecule has 7 saturated heterocycles. The monoisotopic (exact) mass is 1850 g/mol. The molecule has 7 heterocycles. The number of ether oxygens (including phenoxy) is 7. The van der Waals surface area contributed by atoms with Crippen molar-refractivity contribution in [3.8, 4) is 0 Å². The maximum atomic E-state index is 11.3. The van der Waals surface area contributed by atoms with E-state index < -0.39 is 217 Å². The third-order valence-corrected chi connectivity index (χ3v) is 26.5. The maximum Gasteiger partial charge on any atom is 0.476 e. The van der Waals surface area contributed by atoms with Gasteiger partial charge in [-0.15, -0.1) is 0 Å². The zero-order valence-corrected chi connectivity index (χ0v) is 69.3. The standard InChI is InChI=1S/2C6H12B2O8P2.C6H13BO8P2Se.4C6H12BO6P/c2*1-3-5(9)4(15-6(3)7)2-14-17(8,10)16-18(11,12)13;1-3-5(8)4(14-6(3)7)2-13-17(12,18)15-16(9,10)11;4*1-3-5(8)4(13-6(3)7)2-12-14(9,10)11/h2*3-6,9H,2H2,1H3,(H2,11,12,13);3-6,8H,2H2,1H3,(H,12,18)(H2,9,10,11);4*3-6,8H,2H2,1H3,(H2,9,10,11)/t3*3-,4-,5+,6-,17?;4*3-,4-,5+,6-/m1111111/s1. The molecule has 7 fully saturated rings. The summed E-state index contributed by atoms with van der Waals surface area (Å²) in [5, 5.41) is 66.9. The zero-order valence-electron chi connectivity index (χ0n) is 58.6. The molecule has 3 unspecified atom stereocenters. The maximum absolute atomic E-state index is 11.3. The van der Waals surface area contributed by atoms with Crippen molar-refractivity contribution in [1.29, 1.82) is 0 Å². The SMILES string of the molecule is [B][C@@H]1O[C@H](COP(=O)(O)O)[C@@H](O)[C@H]1C.[B][C@@H]1O[C@H](COP(=O)(O)O)[C@@H](O)[C@H]1C.[B][C@@H]1O[C@H](COP(=O)(O)O)[C@@H](O)[C@H]1C.[B][C@@H]1O[C@H](COP(=O)(O)O)[C@@H](O)[C@H]1C.[B][C@@H]1O[C@H](COP(O)(=[Se])OP(=O)(O)O)[C@@H](O)[C@H]1C.[B][C@@H]1O[C@H](COP([B])(=O)OP(=O)(O)O)[C@@H](O)[C@H]1C.[B][C@@H]1O[C@H](COP([B])(=O)OP(=O)(O)O)[C@@H](O)[C@H]1C. The Morgan fingerprint density at radius 2 is 0.391 bits per heavy atom. The number of phosphoric acid groups is 7. The van der Waals surface area contributed by atoms with E-state index in [1.807, 2.05) is 15.1 Å². The molecule has 48 nitrogen and oxygen atoms in total. The number of aliphatic hydroxyl groups is 7. The van der Waals surface area contributed by atoms with Crippen LogP contribution in [-0.4, -0.2) is 368 Å². The smallest absolute Gasteiger partial charge is 0.390 e. The summed E-state index contributed by atoms with van der Waals surface area (Å²) in [7, 11) is 6.47. The van der Waals surface area contributed by atoms with E-state index in [4.69, 9.17) is 176 Å². The molecule has 0 aromatic heterocycles. The van der Waals surface area contributed by atoms with E-state index in [1.54, 1.807) is 48.5 Å². The van der Waals surface area contributed by atoms with Crippen LogP contribution in [0.4, 0.5) is 0 Å². The van der Waals surface area contributed by atoms with Crippen LogP contribution in [0.2, 0.25) is 0 Å². The van der Waals surface area contributed by atoms with Crippen molar-refractivity contribution in [1.82, 2.24) is 0 Å². The number of phosphoric ester groups is 4. The third kappa shape index (κ3) is 43.2. The second-order valence-electron chi connectivity index (χ2n) is 24.7. The summed E-state index contributed by atoms with van der Waals surface area (Å²) in [6.07, 6.45) is -15.8. The second-order valence-corrected chi connectivity index (χ2v) is 41.4. The Kier molecular flexibility index (Phi) is 46.5. The van der Waals surface area contributed by atoms with Crippen molar-refractivity contribution in [3.05, 3.63) is 0 Å². The van der Waals surface area contributed by atoms with E-state index in [-0.39, 0.29) is 74.5 Å². The largest absolute Gasteiger partial charge is 0.476 e. The van der Waals surface area contributed by atoms with Gasteiger partial charge in [0.2, 0.25) is 15.1 Å². The van der Waals surface area contributed by atoms with E-state index in [2.05, 4.69) is 40.1 Å². The number of rotatable bonds is 27. The van der Waals surface area contributed by atoms with Gasteiger partial charge < -0.3 is 127 Å². The average molecular weight is 1840 g/mol. The van der Waals surface area contributed by atoms with Crippen LogP contribution >= 0.6 is 75.9 Å². The summed E-state index contributed by atoms with van der Waals surface area (Å²) < 4.78 is 173. The first kappa shape index (κ1) is 110. The minimum Gasteiger partial charge on any atom is -0.390 e. The average Bonchev–Trinajstić information content (AvgIpc) is 1.61. The van der Waals surface area contributed by atoms with E-state index in [1.165, 1.54) is 0 Å². The van der Waals surface area contributed by atoms with Gasteiger partial charge in [-0.1, -0.05) is 41.5 Å². The van der Waals surface area contributed by atoms with E-state index in [0.29, 0.717) is 0 Å². The van der Waals surface area contributed by atoms with Crippen molar-refractivity contribution >= 4 is 161 Å². The van der Waals surface area contributed by atoms with Gasteiger partial charge >= 0.3 is 159 Å². The Hall–Kier alpha value is 2.04. The fourth-order valence-corrected chi connectivity index (χ4v) is 17.7. The summed E-state index contributed by atoms with van der Waals surface area (Å²) in [4.78, 5) is 128. The van der Waals surface area contributed by atoms with Crippen LogP contribution in [-0.2, 0) is 119 Å². The third-order valence-electron chi connectivity index (χ3n) is 15.9. The topological polar surface area (TPSA) is 756 Å². The Labute approximate surface area is 649 Å². The minimum atomic E-state index is -5.03. The molecule has 31 atom stereocenters. The first-order valence-corrected chi connectivity index (χ1v) is 48.8. The minimum absolute atomic E-state index is 0.277. The van der Waals surface area contributed by atoms with Crippen molar-refractivity contribution in [2.24, 2.45) is 41.4 Å². The van der Waals surface area contributed by atoms with Crippen LogP contribution in [0, 0.1) is 41.4 Å². The van der Waals surface area contributed by atoms with Crippen LogP contribution in [0.15, 0.2) is 0 Å². The van der Waals surface area contributed by atoms with Crippen molar-refractivity contribution in [3.63, 3.8) is 0 Å². The normalized spacial score (nSPS) is 37.7. The molecule has 0 amide bonds. The van der Waals surface area contributed by atoms with Gasteiger partial charge in [0.15, 0.2) is 0 Å². The van der Waals surface area contributed by atoms with Crippen LogP contribution in [0.25, 0.3) is 0 Å². The van der Waals surface area contributed by atoms with E-state index in [0.717, 1.165) is 0 Å². The number of hydrogen-bond donors (Lipinski definition) is 22. The van der Waals surface area contributed by atoms with Crippen molar-refractivity contribution in [2.45, 2.75) is 176 Å². The molecule has 0 saturated carbocycles. The Morgan fingerprint density at radius 1 is 0.255 bits per heavy atom. The Bertz CT molecular complexity index is 2920. The summed E-state index contributed by atoms with van der Waals surface area (Å²) in [5.41, 5.74) is 0. The van der Waals surface area contributed by atoms with Gasteiger partial charge in [-0.2, -0.15) is 0 Å². The molecule has 0 aromatic rings. The van der Waals surface area contributed by atoms with Gasteiger partial charge in [-0.25, -0.2) is 36.0 Å². The van der Waals surface area contributed by atoms with E-state index >= 15 is 0 Å². The molecule has 0 bridgehead atoms. The van der Waals surface area contributed by atoms with Crippen molar-refractivity contribution < 1.29 is 228 Å². The molecule has 7 aliphatic heterocycles. The molecule has 0 aromatic carbocycles. The zero-order chi connectivity index (χ0) is 86.1. The predicted molar refractivity (Wildman–Crippen MR) is 378 cm³/mol. The molecule has 7 aliphatic rings. The summed E-state index contributed by atoms with van der Waals surface area (Å²) in [6, 6.07) is -4.61. The summed E-state index contributed by atoms with van der Waals surface area (Å²) >= 11 is 2.03. The van der Waals surface area contributed by atoms with Crippen LogP contribution in [0.3, 0.4) is 0 Å². The van der Waals surface area contributed by atoms with Gasteiger partial charge in [0.25, 0.3) is 14.9 Å². The fraction of sp³-hybridized carbons (Fsp3) is 1.00. The molecule has 624 valence electrons. The predicted octanol–water partition coefficient (Wildman–Crippen LogP) is -6.66. The quantitative estimate of drug-likeness (QED) is 0.0269. The summed E-state index contributed by atoms with van der Waals surface area (Å²) in [5.74, 6) is -2.15. The Balaban J connectivity index is 0.000000644. The number of hydrogen-bond acceptors (Lipinski definition) is 34. The number of aliphatic hydroxyl groups excluding tert-OH is 7. The molecule has 110 heavy (non-hydrogen) atoms. The summed E-state index contributed by atoms with van der Waals surface area (Å²) in [6.45, 7) is 8.99. The molecule has 22 N–H and O–H groups in total. The van der Waals surface area contributed by atoms with Gasteiger partial charge in [0.05, 0.1) is 76.3 Å². The molecule has 68 heteroatoms.